The van der Waals surface area contributed by atoms with E-state index in [-0.39, 0.29) is 18.7 Å². The molecule has 0 fully saturated rings. The summed E-state index contributed by atoms with van der Waals surface area (Å²) in [7, 11) is 0. The van der Waals surface area contributed by atoms with Crippen LogP contribution < -0.4 is 24.8 Å². The molecule has 3 aromatic carbocycles. The minimum Gasteiger partial charge on any atom is -0.489 e. The van der Waals surface area contributed by atoms with E-state index in [1.54, 1.807) is 0 Å². The molecule has 0 aliphatic carbocycles. The molecule has 154 valence electrons. The molecule has 1 heterocycles. The van der Waals surface area contributed by atoms with Gasteiger partial charge in [-0.25, -0.2) is 0 Å². The summed E-state index contributed by atoms with van der Waals surface area (Å²) in [6, 6.07) is 22.9. The number of hydrogen-bond acceptors (Lipinski definition) is 5. The second-order valence-electron chi connectivity index (χ2n) is 7.07. The van der Waals surface area contributed by atoms with Crippen molar-refractivity contribution in [2.75, 3.05) is 12.1 Å². The average molecular weight is 404 g/mol. The predicted octanol–water partition coefficient (Wildman–Crippen LogP) is 4.11. The molecule has 6 nitrogen and oxygen atoms in total. The average Bonchev–Trinajstić information content (AvgIpc) is 3.25. The molecular weight excluding hydrogens is 380 g/mol. The minimum atomic E-state index is -0.380. The lowest BCUT2D eigenvalue weighted by Gasteiger charge is -2.16. The first kappa shape index (κ1) is 19.6. The number of benzene rings is 3. The molecule has 1 unspecified atom stereocenters. The second-order valence-corrected chi connectivity index (χ2v) is 7.07. The van der Waals surface area contributed by atoms with Crippen LogP contribution in [0.3, 0.4) is 0 Å². The molecule has 0 spiro atoms. The fourth-order valence-corrected chi connectivity index (χ4v) is 3.10. The van der Waals surface area contributed by atoms with Crippen LogP contribution in [0.1, 0.15) is 18.1 Å². The van der Waals surface area contributed by atoms with E-state index in [4.69, 9.17) is 14.2 Å². The zero-order valence-corrected chi connectivity index (χ0v) is 16.8. The van der Waals surface area contributed by atoms with Gasteiger partial charge in [0.25, 0.3) is 0 Å². The molecule has 0 saturated carbocycles. The molecule has 4 rings (SSSR count). The number of carbonyl (C=O) groups excluding carboxylic acids is 1. The van der Waals surface area contributed by atoms with E-state index >= 15 is 0 Å². The van der Waals surface area contributed by atoms with Gasteiger partial charge < -0.3 is 24.8 Å². The summed E-state index contributed by atoms with van der Waals surface area (Å²) in [5.41, 5.74) is 2.93. The quantitative estimate of drug-likeness (QED) is 0.591. The van der Waals surface area contributed by atoms with Gasteiger partial charge in [-0.2, -0.15) is 0 Å². The van der Waals surface area contributed by atoms with Crippen LogP contribution in [0, 0.1) is 0 Å². The Morgan fingerprint density at radius 1 is 0.967 bits per heavy atom. The lowest BCUT2D eigenvalue weighted by atomic mass is 10.2. The fourth-order valence-electron chi connectivity index (χ4n) is 3.10. The van der Waals surface area contributed by atoms with E-state index in [0.717, 1.165) is 28.3 Å². The number of fused-ring (bicyclic) bond motifs is 1. The van der Waals surface area contributed by atoms with Crippen molar-refractivity contribution in [1.29, 1.82) is 0 Å². The first-order valence-corrected chi connectivity index (χ1v) is 9.87. The zero-order valence-electron chi connectivity index (χ0n) is 16.8. The molecule has 0 aromatic heterocycles. The molecule has 1 aliphatic heterocycles. The third-order valence-electron chi connectivity index (χ3n) is 4.78. The lowest BCUT2D eigenvalue weighted by molar-refractivity contribution is -0.121. The van der Waals surface area contributed by atoms with Crippen molar-refractivity contribution < 1.29 is 19.0 Å². The van der Waals surface area contributed by atoms with Crippen molar-refractivity contribution in [2.24, 2.45) is 0 Å². The smallest absolute Gasteiger partial charge is 0.242 e. The van der Waals surface area contributed by atoms with Gasteiger partial charge in [0.15, 0.2) is 11.5 Å². The van der Waals surface area contributed by atoms with E-state index in [2.05, 4.69) is 10.6 Å². The van der Waals surface area contributed by atoms with Gasteiger partial charge in [0.2, 0.25) is 12.7 Å². The number of rotatable bonds is 8. The van der Waals surface area contributed by atoms with E-state index in [1.165, 1.54) is 0 Å². The van der Waals surface area contributed by atoms with Crippen LogP contribution in [0.15, 0.2) is 72.8 Å². The Hall–Kier alpha value is -3.67. The van der Waals surface area contributed by atoms with Gasteiger partial charge >= 0.3 is 0 Å². The van der Waals surface area contributed by atoms with E-state index in [9.17, 15) is 4.79 Å². The van der Waals surface area contributed by atoms with Gasteiger partial charge in [-0.3, -0.25) is 4.79 Å². The van der Waals surface area contributed by atoms with Crippen molar-refractivity contribution in [2.45, 2.75) is 26.1 Å². The third kappa shape index (κ3) is 5.03. The highest BCUT2D eigenvalue weighted by Gasteiger charge is 2.15. The summed E-state index contributed by atoms with van der Waals surface area (Å²) in [5.74, 6) is 2.14. The number of hydrogen-bond donors (Lipinski definition) is 2. The molecule has 6 heteroatoms. The summed E-state index contributed by atoms with van der Waals surface area (Å²) in [6.07, 6.45) is 0. The minimum absolute atomic E-state index is 0.0860. The van der Waals surface area contributed by atoms with Crippen LogP contribution >= 0.6 is 0 Å². The number of nitrogens with one attached hydrogen (secondary N) is 2. The SMILES string of the molecule is CC(Nc1ccc(OCc2ccccc2)cc1)C(=O)NCc1ccc2c(c1)OCO2. The summed E-state index contributed by atoms with van der Waals surface area (Å²) >= 11 is 0. The Morgan fingerprint density at radius 2 is 1.73 bits per heavy atom. The highest BCUT2D eigenvalue weighted by atomic mass is 16.7. The largest absolute Gasteiger partial charge is 0.489 e. The predicted molar refractivity (Wildman–Crippen MR) is 115 cm³/mol. The van der Waals surface area contributed by atoms with E-state index < -0.39 is 0 Å². The molecule has 3 aromatic rings. The molecule has 1 aliphatic rings. The van der Waals surface area contributed by atoms with Gasteiger partial charge in [0.05, 0.1) is 0 Å². The first-order chi connectivity index (χ1) is 14.7. The number of anilines is 1. The molecule has 1 amide bonds. The van der Waals surface area contributed by atoms with Crippen molar-refractivity contribution in [3.63, 3.8) is 0 Å². The van der Waals surface area contributed by atoms with E-state index in [0.29, 0.717) is 18.9 Å². The van der Waals surface area contributed by atoms with Crippen LogP contribution in [0.25, 0.3) is 0 Å². The van der Waals surface area contributed by atoms with Crippen molar-refractivity contribution in [3.05, 3.63) is 83.9 Å². The normalized spacial score (nSPS) is 12.8. The van der Waals surface area contributed by atoms with Gasteiger partial charge in [-0.05, 0) is 54.4 Å². The Bertz CT molecular complexity index is 990. The summed E-state index contributed by atoms with van der Waals surface area (Å²) in [5, 5.41) is 6.15. The fraction of sp³-hybridized carbons (Fsp3) is 0.208. The summed E-state index contributed by atoms with van der Waals surface area (Å²) < 4.78 is 16.5. The Kier molecular flexibility index (Phi) is 6.03. The second kappa shape index (κ2) is 9.22. The number of amides is 1. The molecule has 2 N–H and O–H groups in total. The number of carbonyl (C=O) groups is 1. The van der Waals surface area contributed by atoms with Crippen molar-refractivity contribution in [1.82, 2.24) is 5.32 Å². The first-order valence-electron chi connectivity index (χ1n) is 9.87. The Labute approximate surface area is 175 Å². The molecule has 0 saturated heterocycles. The topological polar surface area (TPSA) is 68.8 Å². The summed E-state index contributed by atoms with van der Waals surface area (Å²) in [6.45, 7) is 3.01. The highest BCUT2D eigenvalue weighted by molar-refractivity contribution is 5.84. The molecule has 0 radical (unpaired) electrons. The van der Waals surface area contributed by atoms with Crippen LogP contribution in [0.5, 0.6) is 17.2 Å². The van der Waals surface area contributed by atoms with Crippen LogP contribution in [0.4, 0.5) is 5.69 Å². The van der Waals surface area contributed by atoms with Crippen molar-refractivity contribution >= 4 is 11.6 Å². The summed E-state index contributed by atoms with van der Waals surface area (Å²) in [4.78, 5) is 12.4. The maximum Gasteiger partial charge on any atom is 0.242 e. The van der Waals surface area contributed by atoms with Gasteiger partial charge in [0, 0.05) is 12.2 Å². The van der Waals surface area contributed by atoms with Crippen LogP contribution in [0.2, 0.25) is 0 Å². The molecule has 0 bridgehead atoms. The maximum absolute atomic E-state index is 12.4. The number of ether oxygens (including phenoxy) is 3. The van der Waals surface area contributed by atoms with Crippen LogP contribution in [-0.2, 0) is 17.9 Å². The molecular formula is C24H24N2O4. The Balaban J connectivity index is 1.24. The van der Waals surface area contributed by atoms with Gasteiger partial charge in [-0.15, -0.1) is 0 Å². The third-order valence-corrected chi connectivity index (χ3v) is 4.78. The zero-order chi connectivity index (χ0) is 20.8. The van der Waals surface area contributed by atoms with Crippen molar-refractivity contribution in [3.8, 4) is 17.2 Å². The van der Waals surface area contributed by atoms with Gasteiger partial charge in [-0.1, -0.05) is 36.4 Å². The van der Waals surface area contributed by atoms with Gasteiger partial charge in [0.1, 0.15) is 18.4 Å². The monoisotopic (exact) mass is 404 g/mol. The maximum atomic E-state index is 12.4. The van der Waals surface area contributed by atoms with Crippen LogP contribution in [-0.4, -0.2) is 18.7 Å². The Morgan fingerprint density at radius 3 is 2.53 bits per heavy atom. The lowest BCUT2D eigenvalue weighted by Crippen LogP contribution is -2.37. The molecule has 1 atom stereocenters. The standard InChI is InChI=1S/C24H24N2O4/c1-17(24(27)25-14-19-7-12-22-23(13-19)30-16-29-22)26-20-8-10-21(11-9-20)28-15-18-5-3-2-4-6-18/h2-13,17,26H,14-16H2,1H3,(H,25,27). The highest BCUT2D eigenvalue weighted by Crippen LogP contribution is 2.32. The van der Waals surface area contributed by atoms with E-state index in [1.807, 2.05) is 79.7 Å². The molecule has 30 heavy (non-hydrogen) atoms.